The lowest BCUT2D eigenvalue weighted by atomic mass is 10.0. The molecule has 2 heterocycles. The fourth-order valence-corrected chi connectivity index (χ4v) is 5.73. The van der Waals surface area contributed by atoms with Crippen LogP contribution in [0.1, 0.15) is 11.4 Å². The van der Waals surface area contributed by atoms with Crippen LogP contribution in [0.25, 0.3) is 43.4 Å². The van der Waals surface area contributed by atoms with E-state index in [0.29, 0.717) is 11.4 Å². The van der Waals surface area contributed by atoms with Crippen molar-refractivity contribution in [2.75, 3.05) is 23.7 Å². The van der Waals surface area contributed by atoms with Crippen LogP contribution in [0.2, 0.25) is 0 Å². The van der Waals surface area contributed by atoms with Crippen LogP contribution in [-0.4, -0.2) is 62.1 Å². The average Bonchev–Trinajstić information content (AvgIpc) is 3.13. The predicted octanol–water partition coefficient (Wildman–Crippen LogP) is 5.61. The topological polar surface area (TPSA) is 204 Å². The molecule has 2 aromatic heterocycles. The molecule has 0 atom stereocenters. The Bertz CT molecular complexity index is 2580. The van der Waals surface area contributed by atoms with E-state index in [1.807, 2.05) is 60.7 Å². The molecule has 0 radical (unpaired) electrons. The number of hydrogen-bond donors (Lipinski definition) is 4. The Hall–Kier alpha value is -5.84. The van der Waals surface area contributed by atoms with E-state index in [1.165, 1.54) is 10.8 Å². The highest BCUT2D eigenvalue weighted by atomic mass is 32.2. The number of nitrogens with one attached hydrogen (secondary N) is 4. The molecule has 58 heavy (non-hydrogen) atoms. The Labute approximate surface area is 327 Å². The number of fused-ring (bicyclic) bond motifs is 6. The first kappa shape index (κ1) is 44.9. The van der Waals surface area contributed by atoms with Crippen LogP contribution in [0.4, 0.5) is 47.3 Å². The minimum Gasteiger partial charge on any atom is -0.741 e. The number of carbonyl (C=O) groups is 2. The molecule has 0 fully saturated rings. The van der Waals surface area contributed by atoms with Gasteiger partial charge in [-0.15, -0.1) is 0 Å². The Morgan fingerprint density at radius 2 is 0.862 bits per heavy atom. The Balaban J connectivity index is 0.000000393. The normalized spacial score (nSPS) is 12.0. The van der Waals surface area contributed by atoms with Gasteiger partial charge < -0.3 is 30.4 Å². The molecule has 0 saturated heterocycles. The number of anilines is 2. The predicted molar refractivity (Wildman–Crippen MR) is 200 cm³/mol. The third-order valence-electron chi connectivity index (χ3n) is 8.71. The van der Waals surface area contributed by atoms with Gasteiger partial charge in [-0.2, -0.15) is 35.5 Å². The van der Waals surface area contributed by atoms with E-state index < -0.39 is 31.3 Å². The summed E-state index contributed by atoms with van der Waals surface area (Å²) in [6.45, 7) is 4.72. The van der Waals surface area contributed by atoms with Crippen molar-refractivity contribution in [2.45, 2.75) is 24.9 Å². The fraction of sp³-hybridized carbons (Fsp3) is 0.222. The number of alkyl halides is 6. The number of aryl methyl sites for hydroxylation is 4. The molecule has 0 unspecified atom stereocenters. The number of para-hydroxylation sites is 2. The van der Waals surface area contributed by atoms with Crippen LogP contribution < -0.4 is 30.4 Å². The second-order valence-corrected chi connectivity index (χ2v) is 15.1. The van der Waals surface area contributed by atoms with Gasteiger partial charge in [0, 0.05) is 61.2 Å². The molecule has 6 rings (SSSR count). The second kappa shape index (κ2) is 17.3. The third kappa shape index (κ3) is 10.6. The third-order valence-corrected chi connectivity index (χ3v) is 9.85. The smallest absolute Gasteiger partial charge is 0.485 e. The van der Waals surface area contributed by atoms with Gasteiger partial charge in [-0.25, -0.2) is 26.4 Å². The Kier molecular flexibility index (Phi) is 13.4. The van der Waals surface area contributed by atoms with Crippen molar-refractivity contribution >= 4 is 87.0 Å². The molecule has 6 aromatic rings. The molecule has 0 spiro atoms. The van der Waals surface area contributed by atoms with Gasteiger partial charge in [0.2, 0.25) is 11.0 Å². The summed E-state index contributed by atoms with van der Waals surface area (Å²) >= 11 is 0. The van der Waals surface area contributed by atoms with E-state index in [2.05, 4.69) is 82.6 Å². The van der Waals surface area contributed by atoms with Crippen molar-refractivity contribution in [3.63, 3.8) is 0 Å². The van der Waals surface area contributed by atoms with Crippen molar-refractivity contribution in [1.29, 1.82) is 0 Å². The first-order valence-corrected chi connectivity index (χ1v) is 19.4. The highest BCUT2D eigenvalue weighted by Gasteiger charge is 2.37. The van der Waals surface area contributed by atoms with E-state index in [9.17, 15) is 35.9 Å². The molecule has 0 aliphatic heterocycles. The summed E-state index contributed by atoms with van der Waals surface area (Å²) in [5.41, 5.74) is -5.32. The van der Waals surface area contributed by atoms with Gasteiger partial charge in [0.15, 0.2) is 31.6 Å². The zero-order chi connectivity index (χ0) is 43.4. The Morgan fingerprint density at radius 3 is 1.17 bits per heavy atom. The SMILES string of the molecule is Cc1c2cc(NC(=O)NCCNC(=O)Nc3ccc4c(c3)c(C)[n+](C)c3ccccc43)ccc2c2ccccc2[n+]1C.O=S(=O)([O-])C(F)(F)F.O=S(=O)([O-])C(F)(F)F. The minimum absolute atomic E-state index is 0.282. The maximum atomic E-state index is 12.6. The molecule has 4 aromatic carbocycles. The fourth-order valence-electron chi connectivity index (χ4n) is 5.73. The summed E-state index contributed by atoms with van der Waals surface area (Å²) in [6, 6.07) is 27.8. The average molecular weight is 857 g/mol. The summed E-state index contributed by atoms with van der Waals surface area (Å²) in [4.78, 5) is 25.1. The molecule has 4 N–H and O–H groups in total. The largest absolute Gasteiger partial charge is 0.741 e. The van der Waals surface area contributed by atoms with Gasteiger partial charge in [0.25, 0.3) is 0 Å². The molecule has 0 bridgehead atoms. The number of benzene rings is 4. The van der Waals surface area contributed by atoms with Crippen molar-refractivity contribution < 1.29 is 71.0 Å². The quantitative estimate of drug-likeness (QED) is 0.0428. The van der Waals surface area contributed by atoms with E-state index >= 15 is 0 Å². The second-order valence-electron chi connectivity index (χ2n) is 12.4. The van der Waals surface area contributed by atoms with Gasteiger partial charge in [0.05, 0.1) is 21.5 Å². The van der Waals surface area contributed by atoms with Crippen molar-refractivity contribution in [3.8, 4) is 0 Å². The molecule has 0 aliphatic carbocycles. The van der Waals surface area contributed by atoms with Crippen molar-refractivity contribution in [2.24, 2.45) is 14.1 Å². The number of urea groups is 2. The maximum Gasteiger partial charge on any atom is 0.485 e. The van der Waals surface area contributed by atoms with E-state index in [1.54, 1.807) is 0 Å². The summed E-state index contributed by atoms with van der Waals surface area (Å²) < 4.78 is 122. The lowest BCUT2D eigenvalue weighted by molar-refractivity contribution is -0.650. The Morgan fingerprint density at radius 1 is 0.552 bits per heavy atom. The summed E-state index contributed by atoms with van der Waals surface area (Å²) in [5, 5.41) is 18.2. The molecular formula is C36H34F6N6O8S2. The molecule has 4 amide bonds. The number of amides is 4. The maximum absolute atomic E-state index is 12.6. The number of carbonyl (C=O) groups excluding carboxylic acids is 2. The number of rotatable bonds is 5. The van der Waals surface area contributed by atoms with Gasteiger partial charge in [-0.1, -0.05) is 36.4 Å². The standard InChI is InChI=1S/C34H32N6O2.2CHF3O3S/c1-21-29-19-23(13-15-25(29)27-9-5-7-11-31(27)39(21)3)37-33(41)35-17-18-36-34(42)38-24-14-16-26-28-10-6-8-12-32(28)40(4)22(2)30(26)20-24;2*2-1(3,4)8(5,6)7/h5-16,19-20H,17-18H2,1-4H3,(H2-2,35,36,37,38,41,42);2*(H,5,6,7). The first-order valence-electron chi connectivity index (χ1n) is 16.6. The first-order chi connectivity index (χ1) is 26.8. The zero-order valence-corrected chi connectivity index (χ0v) is 32.4. The van der Waals surface area contributed by atoms with Crippen molar-refractivity contribution in [1.82, 2.24) is 10.6 Å². The monoisotopic (exact) mass is 856 g/mol. The molecule has 0 saturated carbocycles. The van der Waals surface area contributed by atoms with Crippen LogP contribution in [0.3, 0.4) is 0 Å². The lowest BCUT2D eigenvalue weighted by Gasteiger charge is -2.12. The van der Waals surface area contributed by atoms with E-state index in [4.69, 9.17) is 25.9 Å². The summed E-state index contributed by atoms with van der Waals surface area (Å²) in [5.74, 6) is 0. The zero-order valence-electron chi connectivity index (χ0n) is 30.7. The molecular weight excluding hydrogens is 823 g/mol. The molecule has 310 valence electrons. The van der Waals surface area contributed by atoms with Gasteiger partial charge in [0.1, 0.15) is 14.1 Å². The lowest BCUT2D eigenvalue weighted by Crippen LogP contribution is -2.38. The number of aromatic nitrogens is 2. The van der Waals surface area contributed by atoms with Crippen LogP contribution in [0.15, 0.2) is 84.9 Å². The molecule has 0 aliphatic rings. The summed E-state index contributed by atoms with van der Waals surface area (Å²) in [7, 11) is -8.08. The van der Waals surface area contributed by atoms with Crippen LogP contribution in [0.5, 0.6) is 0 Å². The number of pyridine rings is 2. The minimum atomic E-state index is -6.09. The van der Waals surface area contributed by atoms with E-state index in [-0.39, 0.29) is 25.2 Å². The highest BCUT2D eigenvalue weighted by Crippen LogP contribution is 2.29. The number of hydrogen-bond acceptors (Lipinski definition) is 8. The summed E-state index contributed by atoms with van der Waals surface area (Å²) in [6.07, 6.45) is 0. The van der Waals surface area contributed by atoms with Crippen LogP contribution in [-0.2, 0) is 34.3 Å². The van der Waals surface area contributed by atoms with Gasteiger partial charge in [-0.05, 0) is 36.4 Å². The van der Waals surface area contributed by atoms with Crippen molar-refractivity contribution in [3.05, 3.63) is 96.3 Å². The van der Waals surface area contributed by atoms with Gasteiger partial charge in [-0.3, -0.25) is 0 Å². The van der Waals surface area contributed by atoms with Crippen LogP contribution >= 0.6 is 0 Å². The number of nitrogens with zero attached hydrogens (tertiary/aromatic N) is 2. The molecule has 22 heteroatoms. The van der Waals surface area contributed by atoms with Crippen LogP contribution in [0, 0.1) is 13.8 Å². The molecule has 14 nitrogen and oxygen atoms in total. The number of halogens is 6. The van der Waals surface area contributed by atoms with Gasteiger partial charge >= 0.3 is 23.1 Å². The highest BCUT2D eigenvalue weighted by molar-refractivity contribution is 7.86. The van der Waals surface area contributed by atoms with E-state index in [0.717, 1.165) is 44.0 Å².